The van der Waals surface area contributed by atoms with Crippen molar-refractivity contribution >= 4 is 18.7 Å². The number of aryl methyl sites for hydroxylation is 1. The second kappa shape index (κ2) is 6.88. The maximum absolute atomic E-state index is 4.34. The van der Waals surface area contributed by atoms with Crippen molar-refractivity contribution in [1.29, 1.82) is 0 Å². The summed E-state index contributed by atoms with van der Waals surface area (Å²) in [5, 5.41) is 2.30. The first-order chi connectivity index (χ1) is 11.6. The molecule has 0 bridgehead atoms. The van der Waals surface area contributed by atoms with Gasteiger partial charge in [0.1, 0.15) is 0 Å². The lowest BCUT2D eigenvalue weighted by Crippen LogP contribution is -2.27. The third-order valence-corrected chi connectivity index (χ3v) is 4.32. The van der Waals surface area contributed by atoms with Crippen molar-refractivity contribution in [2.24, 2.45) is 0 Å². The maximum Gasteiger partial charge on any atom is -0.00301 e. The Morgan fingerprint density at radius 3 is 2.71 bits per heavy atom. The molecule has 0 nitrogen and oxygen atoms in total. The lowest BCUT2D eigenvalue weighted by molar-refractivity contribution is 1.24. The molecule has 0 radical (unpaired) electrons. The second-order valence-electron chi connectivity index (χ2n) is 6.67. The lowest BCUT2D eigenvalue weighted by Gasteiger charge is -2.14. The van der Waals surface area contributed by atoms with E-state index in [9.17, 15) is 0 Å². The van der Waals surface area contributed by atoms with Crippen molar-refractivity contribution in [2.75, 3.05) is 0 Å². The van der Waals surface area contributed by atoms with Gasteiger partial charge in [0.2, 0.25) is 0 Å². The number of benzene rings is 2. The standard InChI is InChI=1S/C24H24/c1-17(2)13-14-22-19(4)16-20-10-6-5-7-12-23(20)24(22)21-11-8-9-18(3)15-21/h5-9,11-16H,4,10H2,1-3H3/b22-14+. The fraction of sp³-hybridized carbons (Fsp3) is 0.167. The highest BCUT2D eigenvalue weighted by atomic mass is 14.2. The van der Waals surface area contributed by atoms with Crippen LogP contribution in [0.2, 0.25) is 0 Å². The monoisotopic (exact) mass is 312 g/mol. The Kier molecular flexibility index (Phi) is 4.66. The van der Waals surface area contributed by atoms with E-state index in [1.165, 1.54) is 38.6 Å². The third-order valence-electron chi connectivity index (χ3n) is 4.32. The molecule has 1 aliphatic rings. The largest absolute Gasteiger partial charge is 0.0911 e. The molecule has 0 unspecified atom stereocenters. The normalized spacial score (nSPS) is 13.5. The zero-order valence-electron chi connectivity index (χ0n) is 14.8. The minimum Gasteiger partial charge on any atom is -0.0911 e. The molecular weight excluding hydrogens is 288 g/mol. The van der Waals surface area contributed by atoms with Crippen LogP contribution in [-0.2, 0) is 6.42 Å². The first-order valence-corrected chi connectivity index (χ1v) is 8.46. The van der Waals surface area contributed by atoms with Crippen molar-refractivity contribution in [3.05, 3.63) is 87.3 Å². The van der Waals surface area contributed by atoms with E-state index in [4.69, 9.17) is 0 Å². The Bertz CT molecular complexity index is 962. The van der Waals surface area contributed by atoms with Gasteiger partial charge in [-0.2, -0.15) is 0 Å². The summed E-state index contributed by atoms with van der Waals surface area (Å²) < 4.78 is 0. The molecule has 0 heteroatoms. The van der Waals surface area contributed by atoms with Crippen LogP contribution in [0.1, 0.15) is 30.5 Å². The molecule has 2 aromatic carbocycles. The molecule has 0 aromatic heterocycles. The van der Waals surface area contributed by atoms with Gasteiger partial charge in [-0.3, -0.25) is 0 Å². The highest BCUT2D eigenvalue weighted by Gasteiger charge is 2.11. The number of fused-ring (bicyclic) bond motifs is 1. The van der Waals surface area contributed by atoms with Crippen LogP contribution >= 0.6 is 0 Å². The molecule has 0 atom stereocenters. The predicted molar refractivity (Wildman–Crippen MR) is 107 cm³/mol. The van der Waals surface area contributed by atoms with Crippen LogP contribution in [0.15, 0.2) is 60.2 Å². The number of allylic oxidation sites excluding steroid dienone is 5. The maximum atomic E-state index is 4.34. The smallest absolute Gasteiger partial charge is 0.00301 e. The van der Waals surface area contributed by atoms with Crippen molar-refractivity contribution < 1.29 is 0 Å². The summed E-state index contributed by atoms with van der Waals surface area (Å²) in [5.74, 6) is 0. The fourth-order valence-electron chi connectivity index (χ4n) is 3.17. The Hall–Kier alpha value is -2.60. The first-order valence-electron chi connectivity index (χ1n) is 8.46. The molecule has 2 aromatic rings. The molecule has 0 fully saturated rings. The summed E-state index contributed by atoms with van der Waals surface area (Å²) in [6.45, 7) is 10.7. The van der Waals surface area contributed by atoms with Crippen LogP contribution in [0.25, 0.3) is 29.9 Å². The number of hydrogen-bond donors (Lipinski definition) is 0. The van der Waals surface area contributed by atoms with Gasteiger partial charge in [-0.05, 0) is 59.9 Å². The van der Waals surface area contributed by atoms with Gasteiger partial charge in [-0.1, -0.05) is 84.5 Å². The molecule has 3 rings (SSSR count). The summed E-state index contributed by atoms with van der Waals surface area (Å²) >= 11 is 0. The van der Waals surface area contributed by atoms with E-state index in [0.29, 0.717) is 0 Å². The van der Waals surface area contributed by atoms with E-state index in [-0.39, 0.29) is 0 Å². The van der Waals surface area contributed by atoms with Crippen LogP contribution in [0, 0.1) is 6.92 Å². The molecular formula is C24H24. The summed E-state index contributed by atoms with van der Waals surface area (Å²) in [4.78, 5) is 0. The van der Waals surface area contributed by atoms with Crippen LogP contribution in [0.4, 0.5) is 0 Å². The number of rotatable bonds is 2. The zero-order chi connectivity index (χ0) is 17.1. The zero-order valence-corrected chi connectivity index (χ0v) is 14.8. The molecule has 0 saturated heterocycles. The van der Waals surface area contributed by atoms with Gasteiger partial charge in [0.15, 0.2) is 0 Å². The molecule has 0 heterocycles. The van der Waals surface area contributed by atoms with Crippen molar-refractivity contribution in [3.63, 3.8) is 0 Å². The van der Waals surface area contributed by atoms with Gasteiger partial charge in [-0.15, -0.1) is 0 Å². The Morgan fingerprint density at radius 1 is 1.12 bits per heavy atom. The van der Waals surface area contributed by atoms with Crippen LogP contribution in [-0.4, -0.2) is 0 Å². The van der Waals surface area contributed by atoms with E-state index in [1.54, 1.807) is 0 Å². The number of hydrogen-bond acceptors (Lipinski definition) is 0. The van der Waals surface area contributed by atoms with Crippen molar-refractivity contribution in [1.82, 2.24) is 0 Å². The van der Waals surface area contributed by atoms with Gasteiger partial charge in [0.05, 0.1) is 0 Å². The molecule has 0 spiro atoms. The SMILES string of the molecule is C=c1cc2c(c(-c3cccc(C)c3)/c1=C/C=C(C)C)C=CC=CC2. The lowest BCUT2D eigenvalue weighted by atomic mass is 9.90. The first kappa shape index (κ1) is 16.3. The van der Waals surface area contributed by atoms with Crippen LogP contribution in [0.5, 0.6) is 0 Å². The molecule has 0 saturated carbocycles. The Morgan fingerprint density at radius 2 is 1.96 bits per heavy atom. The van der Waals surface area contributed by atoms with Gasteiger partial charge in [0.25, 0.3) is 0 Å². The summed E-state index contributed by atoms with van der Waals surface area (Å²) in [6.07, 6.45) is 14.0. The van der Waals surface area contributed by atoms with Gasteiger partial charge < -0.3 is 0 Å². The van der Waals surface area contributed by atoms with E-state index in [2.05, 4.69) is 94.1 Å². The van der Waals surface area contributed by atoms with Gasteiger partial charge >= 0.3 is 0 Å². The van der Waals surface area contributed by atoms with Crippen LogP contribution < -0.4 is 10.4 Å². The summed E-state index contributed by atoms with van der Waals surface area (Å²) in [5.41, 5.74) is 7.77. The molecule has 0 N–H and O–H groups in total. The molecule has 120 valence electrons. The van der Waals surface area contributed by atoms with Gasteiger partial charge in [0, 0.05) is 0 Å². The molecule has 0 amide bonds. The molecule has 1 aliphatic carbocycles. The predicted octanol–water partition coefficient (Wildman–Crippen LogP) is 4.94. The summed E-state index contributed by atoms with van der Waals surface area (Å²) in [7, 11) is 0. The third kappa shape index (κ3) is 3.33. The van der Waals surface area contributed by atoms with Crippen LogP contribution in [0.3, 0.4) is 0 Å². The molecule has 0 aliphatic heterocycles. The average Bonchev–Trinajstić information content (AvgIpc) is 2.77. The molecule has 24 heavy (non-hydrogen) atoms. The van der Waals surface area contributed by atoms with Crippen molar-refractivity contribution in [3.8, 4) is 11.1 Å². The summed E-state index contributed by atoms with van der Waals surface area (Å²) in [6, 6.07) is 11.0. The van der Waals surface area contributed by atoms with E-state index >= 15 is 0 Å². The topological polar surface area (TPSA) is 0 Å². The second-order valence-corrected chi connectivity index (χ2v) is 6.67. The highest BCUT2D eigenvalue weighted by Crippen LogP contribution is 2.26. The van der Waals surface area contributed by atoms with Crippen molar-refractivity contribution in [2.45, 2.75) is 27.2 Å². The minimum atomic E-state index is 0.951. The average molecular weight is 312 g/mol. The fourth-order valence-corrected chi connectivity index (χ4v) is 3.17. The quantitative estimate of drug-likeness (QED) is 0.736. The highest BCUT2D eigenvalue weighted by molar-refractivity contribution is 5.80. The van der Waals surface area contributed by atoms with E-state index in [0.717, 1.165) is 11.6 Å². The van der Waals surface area contributed by atoms with E-state index < -0.39 is 0 Å². The Balaban J connectivity index is 2.43. The van der Waals surface area contributed by atoms with E-state index in [1.807, 2.05) is 0 Å². The Labute approximate surface area is 144 Å². The van der Waals surface area contributed by atoms with Gasteiger partial charge in [-0.25, -0.2) is 0 Å². The minimum absolute atomic E-state index is 0.951.